The summed E-state index contributed by atoms with van der Waals surface area (Å²) < 4.78 is 5.06. The Hall–Kier alpha value is -2.36. The molecule has 0 spiro atoms. The first-order chi connectivity index (χ1) is 7.84. The van der Waals surface area contributed by atoms with Crippen LogP contribution in [0.4, 0.5) is 5.69 Å². The number of hydrogen-bond donors (Lipinski definition) is 1. The van der Waals surface area contributed by atoms with Crippen LogP contribution in [0.25, 0.3) is 6.08 Å². The van der Waals surface area contributed by atoms with Gasteiger partial charge in [0, 0.05) is 24.2 Å². The lowest BCUT2D eigenvalue weighted by molar-refractivity contribution is -0.111. The van der Waals surface area contributed by atoms with Gasteiger partial charge in [-0.25, -0.2) is 0 Å². The SMILES string of the molecule is O=C(/C=C/c1ccco1)Nc1ccncc1. The molecule has 1 N–H and O–H groups in total. The Morgan fingerprint density at radius 1 is 1.31 bits per heavy atom. The molecule has 0 saturated heterocycles. The van der Waals surface area contributed by atoms with Gasteiger partial charge in [0.1, 0.15) is 5.76 Å². The molecule has 0 aliphatic carbocycles. The Kier molecular flexibility index (Phi) is 3.13. The van der Waals surface area contributed by atoms with Crippen molar-refractivity contribution in [1.29, 1.82) is 0 Å². The summed E-state index contributed by atoms with van der Waals surface area (Å²) in [6.45, 7) is 0. The number of aromatic nitrogens is 1. The van der Waals surface area contributed by atoms with Gasteiger partial charge in [-0.3, -0.25) is 9.78 Å². The molecule has 2 aromatic rings. The second kappa shape index (κ2) is 4.93. The van der Waals surface area contributed by atoms with Gasteiger partial charge in [-0.15, -0.1) is 0 Å². The van der Waals surface area contributed by atoms with E-state index in [0.717, 1.165) is 0 Å². The molecule has 0 radical (unpaired) electrons. The molecule has 0 bridgehead atoms. The summed E-state index contributed by atoms with van der Waals surface area (Å²) in [6, 6.07) is 6.98. The number of anilines is 1. The number of carbonyl (C=O) groups is 1. The normalized spacial score (nSPS) is 10.5. The van der Waals surface area contributed by atoms with Crippen LogP contribution in [0.5, 0.6) is 0 Å². The number of carbonyl (C=O) groups excluding carboxylic acids is 1. The quantitative estimate of drug-likeness (QED) is 0.798. The van der Waals surface area contributed by atoms with Crippen molar-refractivity contribution >= 4 is 17.7 Å². The minimum Gasteiger partial charge on any atom is -0.465 e. The van der Waals surface area contributed by atoms with Crippen LogP contribution < -0.4 is 5.32 Å². The van der Waals surface area contributed by atoms with Crippen molar-refractivity contribution in [2.24, 2.45) is 0 Å². The highest BCUT2D eigenvalue weighted by Gasteiger charge is 1.96. The van der Waals surface area contributed by atoms with Crippen molar-refractivity contribution in [3.63, 3.8) is 0 Å². The largest absolute Gasteiger partial charge is 0.465 e. The third-order valence-corrected chi connectivity index (χ3v) is 1.89. The van der Waals surface area contributed by atoms with E-state index in [4.69, 9.17) is 4.42 Å². The van der Waals surface area contributed by atoms with E-state index < -0.39 is 0 Å². The van der Waals surface area contributed by atoms with E-state index in [0.29, 0.717) is 11.4 Å². The summed E-state index contributed by atoms with van der Waals surface area (Å²) in [5.41, 5.74) is 0.712. The monoisotopic (exact) mass is 214 g/mol. The van der Waals surface area contributed by atoms with Crippen molar-refractivity contribution in [2.45, 2.75) is 0 Å². The number of nitrogens with one attached hydrogen (secondary N) is 1. The molecule has 0 unspecified atom stereocenters. The van der Waals surface area contributed by atoms with Gasteiger partial charge in [0.2, 0.25) is 5.91 Å². The molecule has 2 rings (SSSR count). The summed E-state index contributed by atoms with van der Waals surface area (Å²) in [7, 11) is 0. The molecule has 2 heterocycles. The second-order valence-corrected chi connectivity index (χ2v) is 3.07. The first-order valence-corrected chi connectivity index (χ1v) is 4.77. The molecule has 80 valence electrons. The van der Waals surface area contributed by atoms with E-state index in [1.54, 1.807) is 49.0 Å². The number of amides is 1. The average Bonchev–Trinajstić information content (AvgIpc) is 2.81. The van der Waals surface area contributed by atoms with Crippen LogP contribution >= 0.6 is 0 Å². The molecule has 0 fully saturated rings. The zero-order valence-corrected chi connectivity index (χ0v) is 8.46. The van der Waals surface area contributed by atoms with E-state index in [2.05, 4.69) is 10.3 Å². The predicted molar refractivity (Wildman–Crippen MR) is 60.6 cm³/mol. The lowest BCUT2D eigenvalue weighted by Gasteiger charge is -1.99. The average molecular weight is 214 g/mol. The molecular weight excluding hydrogens is 204 g/mol. The van der Waals surface area contributed by atoms with Gasteiger partial charge in [-0.1, -0.05) is 0 Å². The zero-order chi connectivity index (χ0) is 11.2. The van der Waals surface area contributed by atoms with E-state index >= 15 is 0 Å². The molecule has 16 heavy (non-hydrogen) atoms. The van der Waals surface area contributed by atoms with Gasteiger partial charge in [0.05, 0.1) is 6.26 Å². The number of nitrogens with zero attached hydrogens (tertiary/aromatic N) is 1. The molecule has 0 aliphatic heterocycles. The van der Waals surface area contributed by atoms with E-state index in [1.165, 1.54) is 6.08 Å². The fraction of sp³-hybridized carbons (Fsp3) is 0. The van der Waals surface area contributed by atoms with Crippen molar-refractivity contribution in [2.75, 3.05) is 5.32 Å². The Bertz CT molecular complexity index is 475. The molecule has 0 saturated carbocycles. The van der Waals surface area contributed by atoms with Gasteiger partial charge in [-0.05, 0) is 30.3 Å². The number of furan rings is 1. The summed E-state index contributed by atoms with van der Waals surface area (Å²) in [4.78, 5) is 15.3. The molecule has 1 amide bonds. The van der Waals surface area contributed by atoms with Crippen LogP contribution in [0, 0.1) is 0 Å². The summed E-state index contributed by atoms with van der Waals surface area (Å²) in [5.74, 6) is 0.437. The summed E-state index contributed by atoms with van der Waals surface area (Å²) >= 11 is 0. The van der Waals surface area contributed by atoms with E-state index in [-0.39, 0.29) is 5.91 Å². The van der Waals surface area contributed by atoms with Crippen LogP contribution in [0.2, 0.25) is 0 Å². The number of pyridine rings is 1. The number of rotatable bonds is 3. The maximum absolute atomic E-state index is 11.4. The predicted octanol–water partition coefficient (Wildman–Crippen LogP) is 2.33. The number of hydrogen-bond acceptors (Lipinski definition) is 3. The second-order valence-electron chi connectivity index (χ2n) is 3.07. The smallest absolute Gasteiger partial charge is 0.248 e. The highest BCUT2D eigenvalue weighted by molar-refractivity contribution is 6.01. The Labute approximate surface area is 92.6 Å². The van der Waals surface area contributed by atoms with Crippen molar-refractivity contribution < 1.29 is 9.21 Å². The lowest BCUT2D eigenvalue weighted by Crippen LogP contribution is -2.07. The first kappa shape index (κ1) is 10.2. The molecule has 0 aromatic carbocycles. The Morgan fingerprint density at radius 2 is 2.12 bits per heavy atom. The van der Waals surface area contributed by atoms with Gasteiger partial charge in [0.25, 0.3) is 0 Å². The molecule has 4 nitrogen and oxygen atoms in total. The first-order valence-electron chi connectivity index (χ1n) is 4.77. The maximum Gasteiger partial charge on any atom is 0.248 e. The Balaban J connectivity index is 1.95. The fourth-order valence-corrected chi connectivity index (χ4v) is 1.16. The standard InChI is InChI=1S/C12H10N2O2/c15-12(4-3-11-2-1-9-16-11)14-10-5-7-13-8-6-10/h1-9H,(H,13,14,15)/b4-3+. The summed E-state index contributed by atoms with van der Waals surface area (Å²) in [5, 5.41) is 2.70. The van der Waals surface area contributed by atoms with E-state index in [9.17, 15) is 4.79 Å². The Morgan fingerprint density at radius 3 is 2.81 bits per heavy atom. The van der Waals surface area contributed by atoms with Crippen LogP contribution in [-0.4, -0.2) is 10.9 Å². The third kappa shape index (κ3) is 2.81. The lowest BCUT2D eigenvalue weighted by atomic mass is 10.3. The third-order valence-electron chi connectivity index (χ3n) is 1.89. The highest BCUT2D eigenvalue weighted by Crippen LogP contribution is 2.05. The zero-order valence-electron chi connectivity index (χ0n) is 8.46. The maximum atomic E-state index is 11.4. The molecule has 0 aliphatic rings. The van der Waals surface area contributed by atoms with Crippen molar-refractivity contribution in [3.8, 4) is 0 Å². The van der Waals surface area contributed by atoms with Crippen molar-refractivity contribution in [3.05, 3.63) is 54.8 Å². The van der Waals surface area contributed by atoms with Gasteiger partial charge in [-0.2, -0.15) is 0 Å². The topological polar surface area (TPSA) is 55.1 Å². The minimum absolute atomic E-state index is 0.206. The van der Waals surface area contributed by atoms with Crippen LogP contribution in [-0.2, 0) is 4.79 Å². The van der Waals surface area contributed by atoms with E-state index in [1.807, 2.05) is 0 Å². The van der Waals surface area contributed by atoms with Crippen LogP contribution in [0.15, 0.2) is 53.4 Å². The molecule has 4 heteroatoms. The van der Waals surface area contributed by atoms with Crippen LogP contribution in [0.3, 0.4) is 0 Å². The van der Waals surface area contributed by atoms with Crippen molar-refractivity contribution in [1.82, 2.24) is 4.98 Å². The molecule has 0 atom stereocenters. The molecular formula is C12H10N2O2. The van der Waals surface area contributed by atoms with Gasteiger partial charge in [0.15, 0.2) is 0 Å². The van der Waals surface area contributed by atoms with Crippen LogP contribution in [0.1, 0.15) is 5.76 Å². The van der Waals surface area contributed by atoms with Gasteiger partial charge >= 0.3 is 0 Å². The highest BCUT2D eigenvalue weighted by atomic mass is 16.3. The molecule has 2 aromatic heterocycles. The summed E-state index contributed by atoms with van der Waals surface area (Å²) in [6.07, 6.45) is 7.81. The fourth-order valence-electron chi connectivity index (χ4n) is 1.16. The van der Waals surface area contributed by atoms with Gasteiger partial charge < -0.3 is 9.73 Å². The minimum atomic E-state index is -0.206.